The molecule has 0 unspecified atom stereocenters. The van der Waals surface area contributed by atoms with Crippen molar-refractivity contribution < 1.29 is 4.79 Å². The van der Waals surface area contributed by atoms with E-state index in [0.29, 0.717) is 6.42 Å². The zero-order valence-corrected chi connectivity index (χ0v) is 13.6. The summed E-state index contributed by atoms with van der Waals surface area (Å²) in [6, 6.07) is 4.19. The molecule has 2 nitrogen and oxygen atoms in total. The lowest BCUT2D eigenvalue weighted by Crippen LogP contribution is -2.34. The maximum absolute atomic E-state index is 11.7. The first-order valence-corrected chi connectivity index (χ1v) is 8.39. The topological polar surface area (TPSA) is 29.1 Å². The highest BCUT2D eigenvalue weighted by atomic mass is 79.9. The summed E-state index contributed by atoms with van der Waals surface area (Å²) >= 11 is 5.21. The molecule has 102 valence electrons. The van der Waals surface area contributed by atoms with Crippen LogP contribution in [0.2, 0.25) is 0 Å². The van der Waals surface area contributed by atoms with E-state index in [-0.39, 0.29) is 11.3 Å². The number of amides is 1. The average Bonchev–Trinajstić information content (AvgIpc) is 2.79. The van der Waals surface area contributed by atoms with Crippen molar-refractivity contribution >= 4 is 33.2 Å². The smallest absolute Gasteiger partial charge is 0.220 e. The highest BCUT2D eigenvalue weighted by Gasteiger charge is 2.17. The van der Waals surface area contributed by atoms with Crippen molar-refractivity contribution in [3.05, 3.63) is 22.4 Å². The van der Waals surface area contributed by atoms with Crippen LogP contribution in [0.3, 0.4) is 0 Å². The first kappa shape index (κ1) is 15.7. The Bertz CT molecular complexity index is 349. The van der Waals surface area contributed by atoms with Crippen LogP contribution in [0.4, 0.5) is 0 Å². The van der Waals surface area contributed by atoms with Crippen LogP contribution >= 0.6 is 27.3 Å². The van der Waals surface area contributed by atoms with Crippen LogP contribution in [0.5, 0.6) is 0 Å². The van der Waals surface area contributed by atoms with Gasteiger partial charge in [-0.1, -0.05) is 35.8 Å². The molecule has 0 saturated carbocycles. The lowest BCUT2D eigenvalue weighted by atomic mass is 9.90. The molecule has 0 bridgehead atoms. The van der Waals surface area contributed by atoms with Crippen molar-refractivity contribution in [1.82, 2.24) is 5.32 Å². The highest BCUT2D eigenvalue weighted by Crippen LogP contribution is 2.20. The Morgan fingerprint density at radius 1 is 1.50 bits per heavy atom. The van der Waals surface area contributed by atoms with Crippen molar-refractivity contribution in [2.75, 3.05) is 11.9 Å². The summed E-state index contributed by atoms with van der Waals surface area (Å²) in [5.41, 5.74) is 0.174. The van der Waals surface area contributed by atoms with Crippen molar-refractivity contribution in [3.8, 4) is 0 Å². The summed E-state index contributed by atoms with van der Waals surface area (Å²) in [4.78, 5) is 13.1. The second kappa shape index (κ2) is 7.95. The lowest BCUT2D eigenvalue weighted by Gasteiger charge is -2.23. The van der Waals surface area contributed by atoms with Gasteiger partial charge < -0.3 is 5.32 Å². The van der Waals surface area contributed by atoms with Gasteiger partial charge >= 0.3 is 0 Å². The molecule has 0 saturated heterocycles. The van der Waals surface area contributed by atoms with Gasteiger partial charge in [-0.05, 0) is 36.1 Å². The molecule has 0 aliphatic carbocycles. The number of hydrogen-bond acceptors (Lipinski definition) is 2. The Labute approximate surface area is 122 Å². The van der Waals surface area contributed by atoms with Gasteiger partial charge in [0.05, 0.1) is 0 Å². The van der Waals surface area contributed by atoms with Gasteiger partial charge in [0, 0.05) is 23.2 Å². The monoisotopic (exact) mass is 331 g/mol. The van der Waals surface area contributed by atoms with E-state index in [1.807, 2.05) is 0 Å². The van der Waals surface area contributed by atoms with Crippen molar-refractivity contribution in [2.24, 2.45) is 5.41 Å². The molecule has 0 aromatic carbocycles. The zero-order chi connectivity index (χ0) is 13.4. The summed E-state index contributed by atoms with van der Waals surface area (Å²) in [5, 5.41) is 6.09. The maximum Gasteiger partial charge on any atom is 0.220 e. The number of carbonyl (C=O) groups is 1. The Hall–Kier alpha value is -0.350. The van der Waals surface area contributed by atoms with Gasteiger partial charge in [0.15, 0.2) is 0 Å². The molecule has 0 aliphatic heterocycles. The number of nitrogens with one attached hydrogen (secondary N) is 1. The van der Waals surface area contributed by atoms with E-state index in [4.69, 9.17) is 0 Å². The third-order valence-electron chi connectivity index (χ3n) is 2.94. The normalized spacial score (nSPS) is 11.5. The summed E-state index contributed by atoms with van der Waals surface area (Å²) in [6.07, 6.45) is 3.64. The third kappa shape index (κ3) is 6.55. The number of halogens is 1. The number of alkyl halides is 1. The SMILES string of the molecule is CC(C)(CCBr)CNC(=O)CCCc1cccs1. The van der Waals surface area contributed by atoms with Crippen LogP contribution in [-0.2, 0) is 11.2 Å². The van der Waals surface area contributed by atoms with E-state index in [2.05, 4.69) is 52.6 Å². The minimum Gasteiger partial charge on any atom is -0.356 e. The first-order valence-electron chi connectivity index (χ1n) is 6.38. The molecular formula is C14H22BrNOS. The number of thiophene rings is 1. The van der Waals surface area contributed by atoms with Crippen LogP contribution in [0, 0.1) is 5.41 Å². The van der Waals surface area contributed by atoms with Gasteiger partial charge in [-0.15, -0.1) is 11.3 Å². The first-order chi connectivity index (χ1) is 8.53. The molecule has 1 N–H and O–H groups in total. The number of aryl methyl sites for hydroxylation is 1. The second-order valence-corrected chi connectivity index (χ2v) is 7.14. The molecule has 0 atom stereocenters. The zero-order valence-electron chi connectivity index (χ0n) is 11.2. The molecule has 1 amide bonds. The van der Waals surface area contributed by atoms with Gasteiger partial charge in [0.1, 0.15) is 0 Å². The van der Waals surface area contributed by atoms with E-state index < -0.39 is 0 Å². The van der Waals surface area contributed by atoms with Gasteiger partial charge in [0.2, 0.25) is 5.91 Å². The summed E-state index contributed by atoms with van der Waals surface area (Å²) < 4.78 is 0. The Morgan fingerprint density at radius 2 is 2.28 bits per heavy atom. The largest absolute Gasteiger partial charge is 0.356 e. The molecule has 1 rings (SSSR count). The third-order valence-corrected chi connectivity index (χ3v) is 4.28. The summed E-state index contributed by atoms with van der Waals surface area (Å²) in [6.45, 7) is 5.12. The predicted octanol–water partition coefficient (Wildman–Crippen LogP) is 4.00. The minimum absolute atomic E-state index is 0.174. The average molecular weight is 332 g/mol. The van der Waals surface area contributed by atoms with Crippen LogP contribution in [-0.4, -0.2) is 17.8 Å². The van der Waals surface area contributed by atoms with Crippen LogP contribution in [0.15, 0.2) is 17.5 Å². The van der Waals surface area contributed by atoms with Crippen LogP contribution in [0.25, 0.3) is 0 Å². The van der Waals surface area contributed by atoms with E-state index in [1.165, 1.54) is 4.88 Å². The molecule has 0 spiro atoms. The van der Waals surface area contributed by atoms with E-state index >= 15 is 0 Å². The highest BCUT2D eigenvalue weighted by molar-refractivity contribution is 9.09. The maximum atomic E-state index is 11.7. The fraction of sp³-hybridized carbons (Fsp3) is 0.643. The summed E-state index contributed by atoms with van der Waals surface area (Å²) in [5.74, 6) is 0.175. The number of rotatable bonds is 8. The Kier molecular flexibility index (Phi) is 6.94. The van der Waals surface area contributed by atoms with Gasteiger partial charge in [-0.25, -0.2) is 0 Å². The molecule has 4 heteroatoms. The fourth-order valence-corrected chi connectivity index (χ4v) is 3.47. The number of carbonyl (C=O) groups excluding carboxylic acids is 1. The van der Waals surface area contributed by atoms with Gasteiger partial charge in [-0.2, -0.15) is 0 Å². The molecule has 18 heavy (non-hydrogen) atoms. The van der Waals surface area contributed by atoms with Crippen molar-refractivity contribution in [1.29, 1.82) is 0 Å². The Morgan fingerprint density at radius 3 is 2.89 bits per heavy atom. The van der Waals surface area contributed by atoms with E-state index in [1.54, 1.807) is 11.3 Å². The lowest BCUT2D eigenvalue weighted by molar-refractivity contribution is -0.121. The molecule has 1 heterocycles. The van der Waals surface area contributed by atoms with Crippen LogP contribution in [0.1, 0.15) is 38.0 Å². The standard InChI is InChI=1S/C14H22BrNOS/c1-14(2,8-9-15)11-16-13(17)7-3-5-12-6-4-10-18-12/h4,6,10H,3,5,7-9,11H2,1-2H3,(H,16,17). The molecule has 0 fully saturated rings. The van der Waals surface area contributed by atoms with Gasteiger partial charge in [0.25, 0.3) is 0 Å². The fourth-order valence-electron chi connectivity index (χ4n) is 1.65. The second-order valence-electron chi connectivity index (χ2n) is 5.31. The predicted molar refractivity (Wildman–Crippen MR) is 82.5 cm³/mol. The molecule has 0 radical (unpaired) electrons. The molecule has 1 aromatic rings. The quantitative estimate of drug-likeness (QED) is 0.717. The summed E-state index contributed by atoms with van der Waals surface area (Å²) in [7, 11) is 0. The van der Waals surface area contributed by atoms with Crippen LogP contribution < -0.4 is 5.32 Å². The van der Waals surface area contributed by atoms with Crippen molar-refractivity contribution in [2.45, 2.75) is 39.5 Å². The molecule has 0 aliphatic rings. The van der Waals surface area contributed by atoms with Gasteiger partial charge in [-0.3, -0.25) is 4.79 Å². The minimum atomic E-state index is 0.174. The van der Waals surface area contributed by atoms with E-state index in [0.717, 1.165) is 31.1 Å². The number of hydrogen-bond donors (Lipinski definition) is 1. The Balaban J connectivity index is 2.14. The van der Waals surface area contributed by atoms with Crippen molar-refractivity contribution in [3.63, 3.8) is 0 Å². The molecule has 1 aromatic heterocycles. The van der Waals surface area contributed by atoms with E-state index in [9.17, 15) is 4.79 Å². The molecular weight excluding hydrogens is 310 g/mol.